The summed E-state index contributed by atoms with van der Waals surface area (Å²) in [5.74, 6) is 0.465. The number of carbonyl (C=O) groups is 1. The van der Waals surface area contributed by atoms with Gasteiger partial charge < -0.3 is 10.3 Å². The molecule has 8 nitrogen and oxygen atoms in total. The van der Waals surface area contributed by atoms with Crippen molar-refractivity contribution in [1.82, 2.24) is 19.5 Å². The van der Waals surface area contributed by atoms with Crippen molar-refractivity contribution in [2.45, 2.75) is 26.8 Å². The van der Waals surface area contributed by atoms with Crippen molar-refractivity contribution in [3.05, 3.63) is 64.0 Å². The van der Waals surface area contributed by atoms with Crippen LogP contribution < -0.4 is 11.3 Å². The van der Waals surface area contributed by atoms with Crippen LogP contribution in [0.5, 0.6) is 0 Å². The number of fused-ring (bicyclic) bond motifs is 1. The highest BCUT2D eigenvalue weighted by Gasteiger charge is 2.15. The van der Waals surface area contributed by atoms with Crippen LogP contribution in [0.4, 0.5) is 0 Å². The van der Waals surface area contributed by atoms with Gasteiger partial charge in [-0.2, -0.15) is 5.10 Å². The number of hydrazone groups is 1. The van der Waals surface area contributed by atoms with Crippen LogP contribution in [0.3, 0.4) is 0 Å². The minimum Gasteiger partial charge on any atom is -0.324 e. The average molecular weight is 419 g/mol. The largest absolute Gasteiger partial charge is 0.324 e. The van der Waals surface area contributed by atoms with Crippen LogP contribution in [-0.4, -0.2) is 39.2 Å². The highest BCUT2D eigenvalue weighted by Crippen LogP contribution is 2.27. The first kappa shape index (κ1) is 22.0. The lowest BCUT2D eigenvalue weighted by molar-refractivity contribution is -0.116. The van der Waals surface area contributed by atoms with Crippen LogP contribution in [-0.2, 0) is 11.8 Å². The molecule has 3 aromatic rings. The van der Waals surface area contributed by atoms with Gasteiger partial charge in [0, 0.05) is 49.1 Å². The number of hydrogen-bond donors (Lipinski definition) is 1. The lowest BCUT2D eigenvalue weighted by atomic mass is 9.97. The SMILES string of the molecule is C/C=C(\C=N/N(C)C=O)c1ncc(-c2cc3c([C@@H](C)N)cc(C)cc3c(=O)n2C)cn1. The molecule has 0 fully saturated rings. The van der Waals surface area contributed by atoms with Crippen molar-refractivity contribution in [3.8, 4) is 11.3 Å². The maximum Gasteiger partial charge on any atom is 0.258 e. The van der Waals surface area contributed by atoms with Gasteiger partial charge in [0.15, 0.2) is 5.82 Å². The summed E-state index contributed by atoms with van der Waals surface area (Å²) >= 11 is 0. The summed E-state index contributed by atoms with van der Waals surface area (Å²) in [6.45, 7) is 5.70. The Balaban J connectivity index is 2.10. The maximum atomic E-state index is 13.1. The van der Waals surface area contributed by atoms with E-state index in [0.29, 0.717) is 34.5 Å². The third-order valence-corrected chi connectivity index (χ3v) is 5.07. The fraction of sp³-hybridized carbons (Fsp3) is 0.261. The van der Waals surface area contributed by atoms with Crippen LogP contribution in [0.15, 0.2) is 46.6 Å². The molecule has 1 amide bonds. The monoisotopic (exact) mass is 418 g/mol. The van der Waals surface area contributed by atoms with E-state index in [2.05, 4.69) is 15.1 Å². The van der Waals surface area contributed by atoms with Gasteiger partial charge in [-0.1, -0.05) is 12.1 Å². The number of aromatic nitrogens is 3. The molecular formula is C23H26N6O2. The molecule has 0 aliphatic heterocycles. The molecule has 0 aliphatic rings. The Morgan fingerprint density at radius 2 is 1.90 bits per heavy atom. The first-order valence-electron chi connectivity index (χ1n) is 9.87. The van der Waals surface area contributed by atoms with Gasteiger partial charge in [-0.15, -0.1) is 0 Å². The van der Waals surface area contributed by atoms with Crippen LogP contribution in [0, 0.1) is 6.92 Å². The summed E-state index contributed by atoms with van der Waals surface area (Å²) in [5.41, 5.74) is 10.1. The van der Waals surface area contributed by atoms with Gasteiger partial charge in [0.1, 0.15) is 0 Å². The van der Waals surface area contributed by atoms with Crippen molar-refractivity contribution < 1.29 is 4.79 Å². The maximum absolute atomic E-state index is 13.1. The first-order chi connectivity index (χ1) is 14.8. The van der Waals surface area contributed by atoms with Gasteiger partial charge in [0.2, 0.25) is 6.41 Å². The molecule has 2 N–H and O–H groups in total. The van der Waals surface area contributed by atoms with Crippen LogP contribution >= 0.6 is 0 Å². The molecule has 0 saturated carbocycles. The summed E-state index contributed by atoms with van der Waals surface area (Å²) in [4.78, 5) is 32.6. The van der Waals surface area contributed by atoms with E-state index >= 15 is 0 Å². The number of benzene rings is 1. The number of aryl methyl sites for hydroxylation is 1. The summed E-state index contributed by atoms with van der Waals surface area (Å²) in [6.07, 6.45) is 7.27. The zero-order chi connectivity index (χ0) is 22.7. The van der Waals surface area contributed by atoms with Gasteiger partial charge in [0.05, 0.1) is 11.9 Å². The van der Waals surface area contributed by atoms with Gasteiger partial charge in [-0.25, -0.2) is 15.0 Å². The quantitative estimate of drug-likeness (QED) is 0.376. The molecule has 0 unspecified atom stereocenters. The van der Waals surface area contributed by atoms with Crippen molar-refractivity contribution in [2.24, 2.45) is 17.9 Å². The Bertz CT molecular complexity index is 1240. The fourth-order valence-electron chi connectivity index (χ4n) is 3.39. The topological polar surface area (TPSA) is 106 Å². The molecule has 0 saturated heterocycles. The molecule has 0 bridgehead atoms. The lowest BCUT2D eigenvalue weighted by Gasteiger charge is -2.15. The molecule has 160 valence electrons. The normalized spacial score (nSPS) is 13.0. The second-order valence-electron chi connectivity index (χ2n) is 7.46. The Morgan fingerprint density at radius 1 is 1.23 bits per heavy atom. The van der Waals surface area contributed by atoms with Gasteiger partial charge in [-0.05, 0) is 49.4 Å². The Labute approximate surface area is 180 Å². The second kappa shape index (κ2) is 9.01. The summed E-state index contributed by atoms with van der Waals surface area (Å²) in [6, 6.07) is 5.66. The predicted molar refractivity (Wildman–Crippen MR) is 124 cm³/mol. The average Bonchev–Trinajstić information content (AvgIpc) is 2.76. The van der Waals surface area contributed by atoms with E-state index in [4.69, 9.17) is 5.73 Å². The zero-order valence-corrected chi connectivity index (χ0v) is 18.3. The van der Waals surface area contributed by atoms with Crippen LogP contribution in [0.1, 0.15) is 36.8 Å². The number of hydrogen-bond acceptors (Lipinski definition) is 6. The smallest absolute Gasteiger partial charge is 0.258 e. The molecule has 0 spiro atoms. The molecule has 2 aromatic heterocycles. The molecule has 3 rings (SSSR count). The van der Waals surface area contributed by atoms with Gasteiger partial charge in [0.25, 0.3) is 5.56 Å². The van der Waals surface area contributed by atoms with E-state index in [9.17, 15) is 9.59 Å². The van der Waals surface area contributed by atoms with E-state index in [1.165, 1.54) is 6.21 Å². The molecular weight excluding hydrogens is 392 g/mol. The molecule has 2 heterocycles. The molecule has 0 radical (unpaired) electrons. The van der Waals surface area contributed by atoms with E-state index in [1.807, 2.05) is 39.0 Å². The van der Waals surface area contributed by atoms with E-state index in [-0.39, 0.29) is 11.6 Å². The second-order valence-corrected chi connectivity index (χ2v) is 7.46. The van der Waals surface area contributed by atoms with Crippen molar-refractivity contribution in [3.63, 3.8) is 0 Å². The minimum absolute atomic E-state index is 0.0969. The fourth-order valence-corrected chi connectivity index (χ4v) is 3.39. The van der Waals surface area contributed by atoms with E-state index < -0.39 is 0 Å². The van der Waals surface area contributed by atoms with Crippen molar-refractivity contribution >= 4 is 29.0 Å². The van der Waals surface area contributed by atoms with Crippen molar-refractivity contribution in [2.75, 3.05) is 7.05 Å². The van der Waals surface area contributed by atoms with E-state index in [1.54, 1.807) is 37.1 Å². The Kier molecular flexibility index (Phi) is 6.41. The third kappa shape index (κ3) is 4.44. The third-order valence-electron chi connectivity index (χ3n) is 5.07. The van der Waals surface area contributed by atoms with Gasteiger partial charge >= 0.3 is 0 Å². The molecule has 1 atom stereocenters. The predicted octanol–water partition coefficient (Wildman–Crippen LogP) is 2.80. The number of carbonyl (C=O) groups excluding carboxylic acids is 1. The van der Waals surface area contributed by atoms with E-state index in [0.717, 1.165) is 21.5 Å². The number of amides is 1. The van der Waals surface area contributed by atoms with Crippen LogP contribution in [0.25, 0.3) is 27.6 Å². The highest BCUT2D eigenvalue weighted by atomic mass is 16.1. The summed E-state index contributed by atoms with van der Waals surface area (Å²) in [5, 5.41) is 6.63. The highest BCUT2D eigenvalue weighted by molar-refractivity contribution is 6.08. The Hall–Kier alpha value is -3.65. The molecule has 8 heteroatoms. The number of nitrogens with zero attached hydrogens (tertiary/aromatic N) is 5. The van der Waals surface area contributed by atoms with Crippen molar-refractivity contribution in [1.29, 1.82) is 0 Å². The number of allylic oxidation sites excluding steroid dienone is 2. The Morgan fingerprint density at radius 3 is 2.48 bits per heavy atom. The van der Waals surface area contributed by atoms with Crippen LogP contribution in [0.2, 0.25) is 0 Å². The number of pyridine rings is 1. The van der Waals surface area contributed by atoms with Gasteiger partial charge in [-0.3, -0.25) is 9.59 Å². The molecule has 0 aliphatic carbocycles. The summed E-state index contributed by atoms with van der Waals surface area (Å²) < 4.78 is 1.60. The first-order valence-corrected chi connectivity index (χ1v) is 9.87. The summed E-state index contributed by atoms with van der Waals surface area (Å²) in [7, 11) is 3.27. The number of rotatable bonds is 6. The zero-order valence-electron chi connectivity index (χ0n) is 18.3. The standard InChI is InChI=1S/C23H26N6O2/c1-6-16(12-27-28(4)13-30)22-25-10-17(11-26-22)21-9-19-18(15(3)24)7-14(2)8-20(19)23(31)29(21)5/h6-13,15H,24H2,1-5H3/b16-6+,27-12-/t15-/m1/s1. The molecule has 1 aromatic carbocycles. The minimum atomic E-state index is -0.206. The molecule has 31 heavy (non-hydrogen) atoms. The number of nitrogens with two attached hydrogens (primary N) is 1. The lowest BCUT2D eigenvalue weighted by Crippen LogP contribution is -2.20.